The number of hydrogen-bond donors (Lipinski definition) is 1. The molecular weight excluding hydrogens is 389 g/mol. The van der Waals surface area contributed by atoms with Crippen LogP contribution in [0.1, 0.15) is 28.8 Å². The molecule has 152 valence electrons. The molecule has 0 aliphatic carbocycles. The molecule has 0 bridgehead atoms. The Balaban J connectivity index is 1.61. The first-order chi connectivity index (χ1) is 13.8. The van der Waals surface area contributed by atoms with E-state index in [0.717, 1.165) is 18.6 Å². The number of nitrogens with zero attached hydrogens (tertiary/aromatic N) is 1. The van der Waals surface area contributed by atoms with E-state index in [0.29, 0.717) is 18.7 Å². The first-order valence-electron chi connectivity index (χ1n) is 8.79. The van der Waals surface area contributed by atoms with Crippen molar-refractivity contribution in [2.45, 2.75) is 19.0 Å². The van der Waals surface area contributed by atoms with Crippen molar-refractivity contribution in [3.63, 3.8) is 0 Å². The Bertz CT molecular complexity index is 943. The van der Waals surface area contributed by atoms with Gasteiger partial charge in [0.1, 0.15) is 0 Å². The molecule has 0 atom stereocenters. The largest absolute Gasteiger partial charge is 0.452 e. The molecule has 0 spiro atoms. The fourth-order valence-electron chi connectivity index (χ4n) is 2.96. The van der Waals surface area contributed by atoms with Crippen molar-refractivity contribution in [3.05, 3.63) is 59.7 Å². The molecule has 3 rings (SSSR count). The molecule has 1 aliphatic rings. The topological polar surface area (TPSA) is 75.7 Å². The van der Waals surface area contributed by atoms with E-state index in [-0.39, 0.29) is 11.5 Å². The van der Waals surface area contributed by atoms with Crippen LogP contribution in [0.5, 0.6) is 0 Å². The summed E-state index contributed by atoms with van der Waals surface area (Å²) in [7, 11) is 0. The SMILES string of the molecule is O=C(COC(=O)c1cccc(N2CCCC2=O)c1)Nc1ccccc1C(F)(F)F. The Kier molecular flexibility index (Phi) is 5.86. The molecule has 1 saturated heterocycles. The van der Waals surface area contributed by atoms with Crippen LogP contribution in [-0.2, 0) is 20.5 Å². The maximum absolute atomic E-state index is 13.0. The van der Waals surface area contributed by atoms with Gasteiger partial charge in [-0.3, -0.25) is 9.59 Å². The Morgan fingerprint density at radius 2 is 1.86 bits per heavy atom. The molecule has 29 heavy (non-hydrogen) atoms. The summed E-state index contributed by atoms with van der Waals surface area (Å²) in [6.45, 7) is -0.198. The average Bonchev–Trinajstić information content (AvgIpc) is 3.12. The van der Waals surface area contributed by atoms with Crippen molar-refractivity contribution in [1.29, 1.82) is 0 Å². The van der Waals surface area contributed by atoms with Gasteiger partial charge < -0.3 is 15.0 Å². The van der Waals surface area contributed by atoms with Gasteiger partial charge in [0, 0.05) is 18.7 Å². The molecule has 1 heterocycles. The molecule has 1 N–H and O–H groups in total. The minimum atomic E-state index is -4.63. The maximum atomic E-state index is 13.0. The lowest BCUT2D eigenvalue weighted by Gasteiger charge is -2.16. The molecule has 1 aliphatic heterocycles. The zero-order chi connectivity index (χ0) is 21.0. The molecule has 0 radical (unpaired) electrons. The molecular formula is C20H17F3N2O4. The molecule has 2 aromatic carbocycles. The smallest absolute Gasteiger partial charge is 0.418 e. The molecule has 2 amide bonds. The summed E-state index contributed by atoms with van der Waals surface area (Å²) >= 11 is 0. The first kappa shape index (κ1) is 20.4. The number of rotatable bonds is 5. The second-order valence-electron chi connectivity index (χ2n) is 6.37. The number of esters is 1. The fourth-order valence-corrected chi connectivity index (χ4v) is 2.96. The number of hydrogen-bond acceptors (Lipinski definition) is 4. The third-order valence-corrected chi connectivity index (χ3v) is 4.31. The molecule has 2 aromatic rings. The van der Waals surface area contributed by atoms with Crippen LogP contribution in [0.3, 0.4) is 0 Å². The lowest BCUT2D eigenvalue weighted by atomic mass is 10.1. The molecule has 6 nitrogen and oxygen atoms in total. The van der Waals surface area contributed by atoms with Gasteiger partial charge in [-0.25, -0.2) is 4.79 Å². The summed E-state index contributed by atoms with van der Waals surface area (Å²) in [5.74, 6) is -1.77. The second-order valence-corrected chi connectivity index (χ2v) is 6.37. The molecule has 0 aromatic heterocycles. The highest BCUT2D eigenvalue weighted by atomic mass is 19.4. The van der Waals surface area contributed by atoms with Gasteiger partial charge in [-0.1, -0.05) is 18.2 Å². The second kappa shape index (κ2) is 8.34. The minimum absolute atomic E-state index is 0.0433. The summed E-state index contributed by atoms with van der Waals surface area (Å²) in [6.07, 6.45) is -3.46. The van der Waals surface area contributed by atoms with Gasteiger partial charge in [-0.2, -0.15) is 13.2 Å². The number of amides is 2. The summed E-state index contributed by atoms with van der Waals surface area (Å²) in [6, 6.07) is 10.7. The summed E-state index contributed by atoms with van der Waals surface area (Å²) in [4.78, 5) is 37.5. The van der Waals surface area contributed by atoms with Crippen molar-refractivity contribution in [2.24, 2.45) is 0 Å². The van der Waals surface area contributed by atoms with Crippen LogP contribution in [0.25, 0.3) is 0 Å². The van der Waals surface area contributed by atoms with Crippen molar-refractivity contribution < 1.29 is 32.3 Å². The van der Waals surface area contributed by atoms with E-state index in [4.69, 9.17) is 4.74 Å². The van der Waals surface area contributed by atoms with E-state index in [9.17, 15) is 27.6 Å². The van der Waals surface area contributed by atoms with Crippen molar-refractivity contribution in [3.8, 4) is 0 Å². The van der Waals surface area contributed by atoms with Gasteiger partial charge in [-0.15, -0.1) is 0 Å². The average molecular weight is 406 g/mol. The summed E-state index contributed by atoms with van der Waals surface area (Å²) in [5, 5.41) is 2.10. The third kappa shape index (κ3) is 4.92. The van der Waals surface area contributed by atoms with E-state index in [1.807, 2.05) is 0 Å². The van der Waals surface area contributed by atoms with Crippen LogP contribution in [0.4, 0.5) is 24.5 Å². The maximum Gasteiger partial charge on any atom is 0.418 e. The Morgan fingerprint density at radius 1 is 1.10 bits per heavy atom. The molecule has 1 fully saturated rings. The minimum Gasteiger partial charge on any atom is -0.452 e. The molecule has 9 heteroatoms. The highest BCUT2D eigenvalue weighted by Crippen LogP contribution is 2.34. The molecule has 0 saturated carbocycles. The van der Waals surface area contributed by atoms with Crippen LogP contribution in [0.2, 0.25) is 0 Å². The number of para-hydroxylation sites is 1. The van der Waals surface area contributed by atoms with Gasteiger partial charge in [0.15, 0.2) is 6.61 Å². The van der Waals surface area contributed by atoms with E-state index in [1.165, 1.54) is 24.3 Å². The van der Waals surface area contributed by atoms with E-state index < -0.39 is 35.9 Å². The van der Waals surface area contributed by atoms with E-state index >= 15 is 0 Å². The van der Waals surface area contributed by atoms with Gasteiger partial charge in [0.05, 0.1) is 16.8 Å². The highest BCUT2D eigenvalue weighted by molar-refractivity contribution is 5.98. The summed E-state index contributed by atoms with van der Waals surface area (Å²) in [5.41, 5.74) is -0.741. The van der Waals surface area contributed by atoms with E-state index in [1.54, 1.807) is 17.0 Å². The number of carbonyl (C=O) groups excluding carboxylic acids is 3. The standard InChI is InChI=1S/C20H17F3N2O4/c21-20(22,23)15-7-1-2-8-16(15)24-17(26)12-29-19(28)13-5-3-6-14(11-13)25-10-4-9-18(25)27/h1-3,5-8,11H,4,9-10,12H2,(H,24,26). The summed E-state index contributed by atoms with van der Waals surface area (Å²) < 4.78 is 43.8. The Morgan fingerprint density at radius 3 is 2.55 bits per heavy atom. The van der Waals surface area contributed by atoms with Crippen molar-refractivity contribution in [2.75, 3.05) is 23.4 Å². The van der Waals surface area contributed by atoms with E-state index in [2.05, 4.69) is 5.32 Å². The zero-order valence-electron chi connectivity index (χ0n) is 15.2. The normalized spacial score (nSPS) is 14.0. The third-order valence-electron chi connectivity index (χ3n) is 4.31. The van der Waals surface area contributed by atoms with Crippen molar-refractivity contribution in [1.82, 2.24) is 0 Å². The van der Waals surface area contributed by atoms with Crippen LogP contribution in [0, 0.1) is 0 Å². The van der Waals surface area contributed by atoms with Crippen LogP contribution in [0.15, 0.2) is 48.5 Å². The first-order valence-corrected chi connectivity index (χ1v) is 8.79. The Labute approximate surface area is 164 Å². The van der Waals surface area contributed by atoms with Gasteiger partial charge in [0.2, 0.25) is 5.91 Å². The highest BCUT2D eigenvalue weighted by Gasteiger charge is 2.33. The van der Waals surface area contributed by atoms with Crippen molar-refractivity contribution >= 4 is 29.2 Å². The number of ether oxygens (including phenoxy) is 1. The number of anilines is 2. The Hall–Kier alpha value is -3.36. The number of carbonyl (C=O) groups is 3. The predicted molar refractivity (Wildman–Crippen MR) is 98.4 cm³/mol. The lowest BCUT2D eigenvalue weighted by molar-refractivity contribution is -0.137. The fraction of sp³-hybridized carbons (Fsp3) is 0.250. The van der Waals surface area contributed by atoms with Crippen LogP contribution in [-0.4, -0.2) is 30.9 Å². The van der Waals surface area contributed by atoms with Gasteiger partial charge in [-0.05, 0) is 36.8 Å². The molecule has 0 unspecified atom stereocenters. The number of alkyl halides is 3. The van der Waals surface area contributed by atoms with Crippen LogP contribution >= 0.6 is 0 Å². The number of nitrogens with one attached hydrogen (secondary N) is 1. The zero-order valence-corrected chi connectivity index (χ0v) is 15.2. The number of halogens is 3. The van der Waals surface area contributed by atoms with Gasteiger partial charge in [0.25, 0.3) is 5.91 Å². The quantitative estimate of drug-likeness (QED) is 0.770. The monoisotopic (exact) mass is 406 g/mol. The predicted octanol–water partition coefficient (Wildman–Crippen LogP) is 3.63. The number of benzene rings is 2. The van der Waals surface area contributed by atoms with Crippen LogP contribution < -0.4 is 10.2 Å². The lowest BCUT2D eigenvalue weighted by Crippen LogP contribution is -2.24. The van der Waals surface area contributed by atoms with Gasteiger partial charge >= 0.3 is 12.1 Å².